The molecule has 0 fully saturated rings. The molecule has 7 nitrogen and oxygen atoms in total. The lowest BCUT2D eigenvalue weighted by Crippen LogP contribution is -2.30. The molecule has 3 aromatic rings. The SMILES string of the molecule is CCN(CC)S(=O)(=O)c1ccc(O)c(NC(=O)c2cc3ccc(F)cc3nc2C)c1. The van der Waals surface area contributed by atoms with E-state index in [-0.39, 0.29) is 21.9 Å². The summed E-state index contributed by atoms with van der Waals surface area (Å²) in [5, 5.41) is 13.3. The number of hydrogen-bond acceptors (Lipinski definition) is 5. The molecule has 30 heavy (non-hydrogen) atoms. The van der Waals surface area contributed by atoms with Gasteiger partial charge in [0.25, 0.3) is 5.91 Å². The number of rotatable bonds is 6. The number of phenols is 1. The molecule has 2 N–H and O–H groups in total. The number of anilines is 1. The Morgan fingerprint density at radius 3 is 2.50 bits per heavy atom. The van der Waals surface area contributed by atoms with E-state index < -0.39 is 21.7 Å². The van der Waals surface area contributed by atoms with Crippen LogP contribution in [0.15, 0.2) is 47.4 Å². The molecule has 0 spiro atoms. The van der Waals surface area contributed by atoms with Crippen molar-refractivity contribution in [2.24, 2.45) is 0 Å². The van der Waals surface area contributed by atoms with E-state index in [0.29, 0.717) is 29.7 Å². The summed E-state index contributed by atoms with van der Waals surface area (Å²) in [6.07, 6.45) is 0. The quantitative estimate of drug-likeness (QED) is 0.580. The van der Waals surface area contributed by atoms with Crippen molar-refractivity contribution in [1.82, 2.24) is 9.29 Å². The zero-order chi connectivity index (χ0) is 22.1. The van der Waals surface area contributed by atoms with Crippen LogP contribution in [0.2, 0.25) is 0 Å². The van der Waals surface area contributed by atoms with Gasteiger partial charge in [-0.05, 0) is 43.3 Å². The summed E-state index contributed by atoms with van der Waals surface area (Å²) >= 11 is 0. The normalized spacial score (nSPS) is 11.8. The first-order valence-corrected chi connectivity index (χ1v) is 10.8. The molecule has 3 rings (SSSR count). The first-order chi connectivity index (χ1) is 14.2. The second-order valence-corrected chi connectivity index (χ2v) is 8.62. The minimum Gasteiger partial charge on any atom is -0.506 e. The lowest BCUT2D eigenvalue weighted by atomic mass is 10.1. The van der Waals surface area contributed by atoms with E-state index >= 15 is 0 Å². The fourth-order valence-corrected chi connectivity index (χ4v) is 4.63. The third-order valence-electron chi connectivity index (χ3n) is 4.77. The third-order valence-corrected chi connectivity index (χ3v) is 6.82. The molecule has 1 aromatic heterocycles. The number of fused-ring (bicyclic) bond motifs is 1. The summed E-state index contributed by atoms with van der Waals surface area (Å²) in [5.74, 6) is -1.27. The molecule has 0 saturated heterocycles. The van der Waals surface area contributed by atoms with Gasteiger partial charge in [-0.1, -0.05) is 13.8 Å². The van der Waals surface area contributed by atoms with E-state index in [1.165, 1.54) is 40.7 Å². The standard InChI is InChI=1S/C21H22FN3O4S/c1-4-25(5-2)30(28,29)16-8-9-20(26)19(12-16)24-21(27)17-10-14-6-7-15(22)11-18(14)23-13(17)3/h6-12,26H,4-5H2,1-3H3,(H,24,27). The topological polar surface area (TPSA) is 99.6 Å². The van der Waals surface area contributed by atoms with Crippen LogP contribution in [0.4, 0.5) is 10.1 Å². The van der Waals surface area contributed by atoms with Crippen molar-refractivity contribution in [3.8, 4) is 5.75 Å². The molecule has 0 saturated carbocycles. The van der Waals surface area contributed by atoms with E-state index in [1.54, 1.807) is 26.8 Å². The van der Waals surface area contributed by atoms with Crippen LogP contribution in [-0.2, 0) is 10.0 Å². The maximum Gasteiger partial charge on any atom is 0.257 e. The number of benzene rings is 2. The van der Waals surface area contributed by atoms with Crippen LogP contribution in [0.25, 0.3) is 10.9 Å². The summed E-state index contributed by atoms with van der Waals surface area (Å²) in [6.45, 7) is 5.66. The third kappa shape index (κ3) is 4.12. The average Bonchev–Trinajstić information content (AvgIpc) is 2.69. The van der Waals surface area contributed by atoms with E-state index in [4.69, 9.17) is 0 Å². The summed E-state index contributed by atoms with van der Waals surface area (Å²) in [6, 6.07) is 9.37. The highest BCUT2D eigenvalue weighted by molar-refractivity contribution is 7.89. The number of aromatic hydroxyl groups is 1. The highest BCUT2D eigenvalue weighted by atomic mass is 32.2. The zero-order valence-electron chi connectivity index (χ0n) is 16.8. The van der Waals surface area contributed by atoms with Gasteiger partial charge < -0.3 is 10.4 Å². The molecular formula is C21H22FN3O4S. The molecule has 2 aromatic carbocycles. The minimum absolute atomic E-state index is 0.0353. The number of nitrogens with zero attached hydrogens (tertiary/aromatic N) is 2. The second-order valence-electron chi connectivity index (χ2n) is 6.68. The molecule has 0 bridgehead atoms. The van der Waals surface area contributed by atoms with Gasteiger partial charge in [-0.2, -0.15) is 4.31 Å². The summed E-state index contributed by atoms with van der Waals surface area (Å²) in [4.78, 5) is 17.0. The van der Waals surface area contributed by atoms with Gasteiger partial charge in [0, 0.05) is 24.5 Å². The van der Waals surface area contributed by atoms with Gasteiger partial charge in [0.1, 0.15) is 11.6 Å². The lowest BCUT2D eigenvalue weighted by molar-refractivity contribution is 0.102. The number of amides is 1. The molecule has 0 aliphatic heterocycles. The predicted octanol–water partition coefficient (Wildman–Crippen LogP) is 3.67. The van der Waals surface area contributed by atoms with Crippen molar-refractivity contribution in [2.75, 3.05) is 18.4 Å². The lowest BCUT2D eigenvalue weighted by Gasteiger charge is -2.19. The number of aryl methyl sites for hydroxylation is 1. The Morgan fingerprint density at radius 2 is 1.83 bits per heavy atom. The van der Waals surface area contributed by atoms with Crippen molar-refractivity contribution in [3.05, 3.63) is 59.5 Å². The largest absolute Gasteiger partial charge is 0.506 e. The fourth-order valence-electron chi connectivity index (χ4n) is 3.14. The first kappa shape index (κ1) is 21.7. The molecular weight excluding hydrogens is 409 g/mol. The van der Waals surface area contributed by atoms with Crippen LogP contribution in [0, 0.1) is 12.7 Å². The van der Waals surface area contributed by atoms with Gasteiger partial charge in [0.2, 0.25) is 10.0 Å². The summed E-state index contributed by atoms with van der Waals surface area (Å²) in [5.41, 5.74) is 0.980. The summed E-state index contributed by atoms with van der Waals surface area (Å²) in [7, 11) is -3.76. The Bertz CT molecular complexity index is 1220. The van der Waals surface area contributed by atoms with Crippen LogP contribution in [0.5, 0.6) is 5.75 Å². The number of pyridine rings is 1. The van der Waals surface area contributed by atoms with Gasteiger partial charge >= 0.3 is 0 Å². The Morgan fingerprint density at radius 1 is 1.13 bits per heavy atom. The maximum atomic E-state index is 13.4. The molecule has 158 valence electrons. The number of hydrogen-bond donors (Lipinski definition) is 2. The van der Waals surface area contributed by atoms with Crippen molar-refractivity contribution >= 4 is 32.5 Å². The second kappa shape index (κ2) is 8.37. The van der Waals surface area contributed by atoms with Crippen LogP contribution >= 0.6 is 0 Å². The molecule has 9 heteroatoms. The number of carbonyl (C=O) groups is 1. The van der Waals surface area contributed by atoms with Crippen LogP contribution in [0.3, 0.4) is 0 Å². The smallest absolute Gasteiger partial charge is 0.257 e. The Balaban J connectivity index is 1.97. The number of sulfonamides is 1. The van der Waals surface area contributed by atoms with E-state index in [1.807, 2.05) is 0 Å². The van der Waals surface area contributed by atoms with Gasteiger partial charge in [-0.25, -0.2) is 12.8 Å². The number of nitrogens with one attached hydrogen (secondary N) is 1. The van der Waals surface area contributed by atoms with Gasteiger partial charge in [-0.3, -0.25) is 9.78 Å². The first-order valence-electron chi connectivity index (χ1n) is 9.38. The van der Waals surface area contributed by atoms with E-state index in [0.717, 1.165) is 0 Å². The Kier molecular flexibility index (Phi) is 6.04. The van der Waals surface area contributed by atoms with Crippen molar-refractivity contribution in [1.29, 1.82) is 0 Å². The molecule has 0 atom stereocenters. The monoisotopic (exact) mass is 431 g/mol. The summed E-state index contributed by atoms with van der Waals surface area (Å²) < 4.78 is 40.1. The van der Waals surface area contributed by atoms with E-state index in [9.17, 15) is 22.7 Å². The van der Waals surface area contributed by atoms with Gasteiger partial charge in [0.05, 0.1) is 27.4 Å². The van der Waals surface area contributed by atoms with Gasteiger partial charge in [-0.15, -0.1) is 0 Å². The van der Waals surface area contributed by atoms with Crippen molar-refractivity contribution < 1.29 is 22.7 Å². The minimum atomic E-state index is -3.76. The highest BCUT2D eigenvalue weighted by Gasteiger charge is 2.23. The number of phenolic OH excluding ortho intramolecular Hbond substituents is 1. The molecule has 1 heterocycles. The average molecular weight is 431 g/mol. The molecule has 0 radical (unpaired) electrons. The Hall–Kier alpha value is -3.04. The predicted molar refractivity (Wildman–Crippen MR) is 113 cm³/mol. The zero-order valence-corrected chi connectivity index (χ0v) is 17.6. The van der Waals surface area contributed by atoms with Crippen LogP contribution in [-0.4, -0.2) is 41.8 Å². The van der Waals surface area contributed by atoms with Crippen molar-refractivity contribution in [2.45, 2.75) is 25.7 Å². The van der Waals surface area contributed by atoms with Crippen LogP contribution < -0.4 is 5.32 Å². The number of carbonyl (C=O) groups excluding carboxylic acids is 1. The van der Waals surface area contributed by atoms with Crippen LogP contribution in [0.1, 0.15) is 29.9 Å². The van der Waals surface area contributed by atoms with Crippen molar-refractivity contribution in [3.63, 3.8) is 0 Å². The number of aromatic nitrogens is 1. The molecule has 0 aliphatic rings. The van der Waals surface area contributed by atoms with E-state index in [2.05, 4.69) is 10.3 Å². The molecule has 1 amide bonds. The Labute approximate surface area is 174 Å². The van der Waals surface area contributed by atoms with Gasteiger partial charge in [0.15, 0.2) is 0 Å². The maximum absolute atomic E-state index is 13.4. The fraction of sp³-hybridized carbons (Fsp3) is 0.238. The highest BCUT2D eigenvalue weighted by Crippen LogP contribution is 2.29. The molecule has 0 unspecified atom stereocenters. The number of halogens is 1. The molecule has 0 aliphatic carbocycles.